The summed E-state index contributed by atoms with van der Waals surface area (Å²) in [6.07, 6.45) is 0.748. The first-order valence-electron chi connectivity index (χ1n) is 6.33. The summed E-state index contributed by atoms with van der Waals surface area (Å²) in [5.74, 6) is -1.50. The average Bonchev–Trinajstić information content (AvgIpc) is 2.48. The van der Waals surface area contributed by atoms with Gasteiger partial charge in [0.15, 0.2) is 0 Å². The molecule has 2 unspecified atom stereocenters. The third-order valence-corrected chi connectivity index (χ3v) is 4.77. The van der Waals surface area contributed by atoms with Crippen LogP contribution < -0.4 is 0 Å². The topological polar surface area (TPSA) is 17.1 Å². The summed E-state index contributed by atoms with van der Waals surface area (Å²) in [5.41, 5.74) is 0.189. The van der Waals surface area contributed by atoms with Crippen LogP contribution in [0.4, 0.5) is 8.78 Å². The highest BCUT2D eigenvalue weighted by atomic mass is 35.5. The molecule has 0 aliphatic rings. The predicted molar refractivity (Wildman–Crippen MR) is 81.6 cm³/mol. The molecule has 2 aromatic carbocycles. The number of aldehydes is 1. The van der Waals surface area contributed by atoms with Gasteiger partial charge < -0.3 is 4.79 Å². The molecule has 21 heavy (non-hydrogen) atoms. The fraction of sp³-hybridized carbons (Fsp3) is 0.188. The lowest BCUT2D eigenvalue weighted by Crippen LogP contribution is -2.10. The van der Waals surface area contributed by atoms with Gasteiger partial charge in [-0.3, -0.25) is 0 Å². The Morgan fingerprint density at radius 2 is 1.81 bits per heavy atom. The van der Waals surface area contributed by atoms with Crippen LogP contribution in [0.1, 0.15) is 17.7 Å². The molecule has 0 saturated heterocycles. The Morgan fingerprint density at radius 1 is 1.14 bits per heavy atom. The number of benzene rings is 2. The van der Waals surface area contributed by atoms with Gasteiger partial charge in [0.05, 0.1) is 0 Å². The van der Waals surface area contributed by atoms with Crippen LogP contribution in [0.25, 0.3) is 0 Å². The molecule has 2 atom stereocenters. The zero-order chi connectivity index (χ0) is 15.4. The number of carbonyl (C=O) groups excluding carboxylic acids is 1. The largest absolute Gasteiger partial charge is 0.303 e. The van der Waals surface area contributed by atoms with E-state index < -0.39 is 22.8 Å². The molecule has 0 aliphatic heterocycles. The van der Waals surface area contributed by atoms with Gasteiger partial charge in [0.2, 0.25) is 0 Å². The van der Waals surface area contributed by atoms with E-state index in [-0.39, 0.29) is 5.56 Å². The van der Waals surface area contributed by atoms with Crippen LogP contribution in [0.5, 0.6) is 0 Å². The molecule has 0 spiro atoms. The van der Waals surface area contributed by atoms with E-state index in [1.54, 1.807) is 31.2 Å². The molecule has 0 bridgehead atoms. The fourth-order valence-corrected chi connectivity index (χ4v) is 3.22. The maximum absolute atomic E-state index is 14.0. The molecule has 0 radical (unpaired) electrons. The summed E-state index contributed by atoms with van der Waals surface area (Å²) in [6.45, 7) is 1.69. The quantitative estimate of drug-likeness (QED) is 0.549. The first-order valence-corrected chi connectivity index (χ1v) is 7.59. The molecule has 0 fully saturated rings. The van der Waals surface area contributed by atoms with Crippen molar-refractivity contribution < 1.29 is 13.6 Å². The van der Waals surface area contributed by atoms with Crippen LogP contribution in [0, 0.1) is 17.6 Å². The number of hydrogen-bond donors (Lipinski definition) is 0. The van der Waals surface area contributed by atoms with Crippen molar-refractivity contribution in [2.75, 3.05) is 0 Å². The lowest BCUT2D eigenvalue weighted by atomic mass is 10.0. The minimum atomic E-state index is -0.522. The van der Waals surface area contributed by atoms with E-state index in [0.717, 1.165) is 29.4 Å². The Hall–Kier alpha value is -1.39. The molecular formula is C16H13ClF2OS. The summed E-state index contributed by atoms with van der Waals surface area (Å²) >= 11 is 7.14. The van der Waals surface area contributed by atoms with Gasteiger partial charge >= 0.3 is 0 Å². The Kier molecular flexibility index (Phi) is 5.37. The van der Waals surface area contributed by atoms with Crippen molar-refractivity contribution in [2.45, 2.75) is 17.1 Å². The third-order valence-electron chi connectivity index (χ3n) is 3.03. The van der Waals surface area contributed by atoms with Crippen molar-refractivity contribution in [2.24, 2.45) is 5.92 Å². The van der Waals surface area contributed by atoms with E-state index >= 15 is 0 Å². The predicted octanol–water partition coefficient (Wildman–Crippen LogP) is 5.29. The molecule has 5 heteroatoms. The summed E-state index contributed by atoms with van der Waals surface area (Å²) in [7, 11) is 0. The van der Waals surface area contributed by atoms with Gasteiger partial charge in [-0.1, -0.05) is 18.5 Å². The second kappa shape index (κ2) is 7.05. The smallest absolute Gasteiger partial charge is 0.127 e. The first kappa shape index (κ1) is 16.0. The van der Waals surface area contributed by atoms with E-state index in [4.69, 9.17) is 11.6 Å². The van der Waals surface area contributed by atoms with Gasteiger partial charge in [0.25, 0.3) is 0 Å². The van der Waals surface area contributed by atoms with Crippen molar-refractivity contribution in [1.29, 1.82) is 0 Å². The van der Waals surface area contributed by atoms with Crippen molar-refractivity contribution in [1.82, 2.24) is 0 Å². The Morgan fingerprint density at radius 3 is 2.43 bits per heavy atom. The Bertz CT molecular complexity index is 631. The first-order chi connectivity index (χ1) is 10.0. The molecule has 0 heterocycles. The van der Waals surface area contributed by atoms with Gasteiger partial charge in [-0.25, -0.2) is 8.78 Å². The maximum Gasteiger partial charge on any atom is 0.127 e. The van der Waals surface area contributed by atoms with E-state index in [1.165, 1.54) is 11.8 Å². The fourth-order valence-electron chi connectivity index (χ4n) is 1.92. The lowest BCUT2D eigenvalue weighted by Gasteiger charge is -2.20. The highest BCUT2D eigenvalue weighted by Gasteiger charge is 2.24. The van der Waals surface area contributed by atoms with E-state index in [1.807, 2.05) is 0 Å². The van der Waals surface area contributed by atoms with Crippen LogP contribution in [0.3, 0.4) is 0 Å². The molecule has 0 aliphatic carbocycles. The summed E-state index contributed by atoms with van der Waals surface area (Å²) in [4.78, 5) is 11.9. The zero-order valence-corrected chi connectivity index (χ0v) is 12.8. The van der Waals surface area contributed by atoms with Gasteiger partial charge in [-0.2, -0.15) is 0 Å². The van der Waals surface area contributed by atoms with Crippen molar-refractivity contribution in [3.05, 3.63) is 64.7 Å². The van der Waals surface area contributed by atoms with Crippen molar-refractivity contribution in [3.8, 4) is 0 Å². The van der Waals surface area contributed by atoms with Crippen molar-refractivity contribution >= 4 is 29.6 Å². The summed E-state index contributed by atoms with van der Waals surface area (Å²) in [6, 6.07) is 10.3. The van der Waals surface area contributed by atoms with Gasteiger partial charge in [0.1, 0.15) is 17.9 Å². The van der Waals surface area contributed by atoms with E-state index in [0.29, 0.717) is 5.02 Å². The Balaban J connectivity index is 2.36. The maximum atomic E-state index is 14.0. The number of carbonyl (C=O) groups is 1. The SMILES string of the molecule is CC(C=O)C(Sc1ccc(Cl)cc1)c1cc(F)ccc1F. The van der Waals surface area contributed by atoms with Crippen LogP contribution in [-0.4, -0.2) is 6.29 Å². The van der Waals surface area contributed by atoms with Crippen molar-refractivity contribution in [3.63, 3.8) is 0 Å². The summed E-state index contributed by atoms with van der Waals surface area (Å²) < 4.78 is 27.4. The van der Waals surface area contributed by atoms with Gasteiger partial charge in [0, 0.05) is 26.6 Å². The number of rotatable bonds is 5. The number of halogens is 3. The third kappa shape index (κ3) is 4.05. The average molecular weight is 327 g/mol. The number of thioether (sulfide) groups is 1. The molecule has 2 aromatic rings. The molecule has 0 saturated carbocycles. The van der Waals surface area contributed by atoms with Crippen LogP contribution in [0.2, 0.25) is 5.02 Å². The molecule has 0 N–H and O–H groups in total. The monoisotopic (exact) mass is 326 g/mol. The van der Waals surface area contributed by atoms with Gasteiger partial charge in [-0.05, 0) is 42.5 Å². The standard InChI is InChI=1S/C16H13ClF2OS/c1-10(9-20)16(14-8-12(18)4-7-15(14)19)21-13-5-2-11(17)3-6-13/h2-10,16H,1H3. The molecule has 1 nitrogen and oxygen atoms in total. The normalized spacial score (nSPS) is 13.7. The highest BCUT2D eigenvalue weighted by Crippen LogP contribution is 2.41. The van der Waals surface area contributed by atoms with Crippen LogP contribution in [-0.2, 0) is 4.79 Å². The highest BCUT2D eigenvalue weighted by molar-refractivity contribution is 7.99. The summed E-state index contributed by atoms with van der Waals surface area (Å²) in [5, 5.41) is 0.0932. The second-order valence-corrected chi connectivity index (χ2v) is 6.30. The lowest BCUT2D eigenvalue weighted by molar-refractivity contribution is -0.110. The molecular weight excluding hydrogens is 314 g/mol. The zero-order valence-electron chi connectivity index (χ0n) is 11.2. The number of hydrogen-bond acceptors (Lipinski definition) is 2. The van der Waals surface area contributed by atoms with Gasteiger partial charge in [-0.15, -0.1) is 11.8 Å². The molecule has 2 rings (SSSR count). The van der Waals surface area contributed by atoms with Crippen LogP contribution in [0.15, 0.2) is 47.4 Å². The molecule has 0 amide bonds. The Labute approximate surface area is 131 Å². The minimum Gasteiger partial charge on any atom is -0.303 e. The minimum absolute atomic E-state index is 0.189. The van der Waals surface area contributed by atoms with Crippen LogP contribution >= 0.6 is 23.4 Å². The van der Waals surface area contributed by atoms with E-state index in [9.17, 15) is 13.6 Å². The van der Waals surface area contributed by atoms with E-state index in [2.05, 4.69) is 0 Å². The molecule has 0 aromatic heterocycles. The molecule has 110 valence electrons. The second-order valence-electron chi connectivity index (χ2n) is 4.65.